The Hall–Kier alpha value is -1.17. The van der Waals surface area contributed by atoms with Crippen molar-refractivity contribution in [3.63, 3.8) is 0 Å². The maximum Gasteiger partial charge on any atom is 0.218 e. The third kappa shape index (κ3) is 4.66. The van der Waals surface area contributed by atoms with E-state index in [1.165, 1.54) is 0 Å². The molecule has 1 aliphatic carbocycles. The van der Waals surface area contributed by atoms with Gasteiger partial charge in [0.2, 0.25) is 10.0 Å². The second-order valence-electron chi connectivity index (χ2n) is 5.45. The van der Waals surface area contributed by atoms with E-state index in [0.29, 0.717) is 6.54 Å². The van der Waals surface area contributed by atoms with Gasteiger partial charge in [-0.05, 0) is 30.5 Å². The van der Waals surface area contributed by atoms with Gasteiger partial charge in [0, 0.05) is 19.1 Å². The smallest absolute Gasteiger partial charge is 0.218 e. The van der Waals surface area contributed by atoms with Gasteiger partial charge < -0.3 is 5.32 Å². The maximum atomic E-state index is 12.6. The normalized spacial score (nSPS) is 15.3. The average molecular weight is 308 g/mol. The van der Waals surface area contributed by atoms with Gasteiger partial charge in [-0.25, -0.2) is 8.42 Å². The molecule has 0 saturated heterocycles. The number of hydrogen-bond acceptors (Lipinski definition) is 3. The zero-order valence-corrected chi connectivity index (χ0v) is 13.4. The van der Waals surface area contributed by atoms with Crippen molar-refractivity contribution < 1.29 is 8.42 Å². The summed E-state index contributed by atoms with van der Waals surface area (Å²) >= 11 is 0. The van der Waals surface area contributed by atoms with Crippen LogP contribution in [0.25, 0.3) is 0 Å². The van der Waals surface area contributed by atoms with Gasteiger partial charge in [0.15, 0.2) is 0 Å². The molecule has 2 rings (SSSR count). The summed E-state index contributed by atoms with van der Waals surface area (Å²) in [6.45, 7) is 7.79. The summed E-state index contributed by atoms with van der Waals surface area (Å²) in [5.41, 5.74) is 1.96. The van der Waals surface area contributed by atoms with E-state index < -0.39 is 10.0 Å². The standard InChI is InChI=1S/C16H24N2O2S/c1-3-10-18(16-8-9-16)21(19,20)13-15-7-5-6-14(11-15)12-17-4-2/h3,5-7,11,16-17H,1,4,8-10,12-13H2,2H3. The molecule has 116 valence electrons. The molecule has 1 fully saturated rings. The molecule has 0 amide bonds. The summed E-state index contributed by atoms with van der Waals surface area (Å²) in [6.07, 6.45) is 3.60. The van der Waals surface area contributed by atoms with Crippen molar-refractivity contribution in [2.45, 2.75) is 38.1 Å². The third-order valence-electron chi connectivity index (χ3n) is 3.54. The van der Waals surface area contributed by atoms with Crippen molar-refractivity contribution in [3.05, 3.63) is 48.0 Å². The van der Waals surface area contributed by atoms with Crippen LogP contribution in [-0.2, 0) is 22.3 Å². The van der Waals surface area contributed by atoms with Crippen LogP contribution in [0.5, 0.6) is 0 Å². The lowest BCUT2D eigenvalue weighted by atomic mass is 10.1. The molecule has 0 heterocycles. The first-order valence-electron chi connectivity index (χ1n) is 7.45. The molecule has 1 N–H and O–H groups in total. The molecule has 0 bridgehead atoms. The van der Waals surface area contributed by atoms with E-state index in [0.717, 1.165) is 37.1 Å². The molecule has 0 atom stereocenters. The van der Waals surface area contributed by atoms with Gasteiger partial charge in [0.1, 0.15) is 0 Å². The second kappa shape index (κ2) is 7.20. The second-order valence-corrected chi connectivity index (χ2v) is 7.37. The molecular formula is C16H24N2O2S. The molecule has 1 saturated carbocycles. The Bertz CT molecular complexity index is 580. The van der Waals surface area contributed by atoms with E-state index >= 15 is 0 Å². The zero-order valence-electron chi connectivity index (χ0n) is 12.6. The van der Waals surface area contributed by atoms with Crippen molar-refractivity contribution >= 4 is 10.0 Å². The molecule has 21 heavy (non-hydrogen) atoms. The van der Waals surface area contributed by atoms with Crippen LogP contribution >= 0.6 is 0 Å². The summed E-state index contributed by atoms with van der Waals surface area (Å²) in [5.74, 6) is 0.0668. The first kappa shape index (κ1) is 16.2. The van der Waals surface area contributed by atoms with E-state index in [-0.39, 0.29) is 11.8 Å². The van der Waals surface area contributed by atoms with Crippen LogP contribution in [0, 0.1) is 0 Å². The van der Waals surface area contributed by atoms with Crippen LogP contribution in [0.3, 0.4) is 0 Å². The first-order chi connectivity index (χ1) is 10.1. The molecule has 4 nitrogen and oxygen atoms in total. The number of sulfonamides is 1. The van der Waals surface area contributed by atoms with Crippen LogP contribution in [0.4, 0.5) is 0 Å². The van der Waals surface area contributed by atoms with E-state index in [2.05, 4.69) is 18.8 Å². The monoisotopic (exact) mass is 308 g/mol. The molecule has 0 spiro atoms. The molecule has 0 aliphatic heterocycles. The van der Waals surface area contributed by atoms with Crippen molar-refractivity contribution in [1.82, 2.24) is 9.62 Å². The molecule has 1 aromatic carbocycles. The lowest BCUT2D eigenvalue weighted by Gasteiger charge is -2.20. The SMILES string of the molecule is C=CCN(C1CC1)S(=O)(=O)Cc1cccc(CNCC)c1. The van der Waals surface area contributed by atoms with E-state index in [4.69, 9.17) is 0 Å². The van der Waals surface area contributed by atoms with Gasteiger partial charge in [0.05, 0.1) is 5.75 Å². The molecule has 1 aliphatic rings. The highest BCUT2D eigenvalue weighted by Gasteiger charge is 2.36. The van der Waals surface area contributed by atoms with Crippen molar-refractivity contribution in [3.8, 4) is 0 Å². The van der Waals surface area contributed by atoms with E-state index in [1.54, 1.807) is 10.4 Å². The molecule has 0 aromatic heterocycles. The highest BCUT2D eigenvalue weighted by molar-refractivity contribution is 7.88. The molecule has 1 aromatic rings. The average Bonchev–Trinajstić information content (AvgIpc) is 3.26. The summed E-state index contributed by atoms with van der Waals surface area (Å²) in [6, 6.07) is 7.97. The summed E-state index contributed by atoms with van der Waals surface area (Å²) in [5, 5.41) is 3.25. The maximum absolute atomic E-state index is 12.6. The minimum atomic E-state index is -3.27. The number of benzene rings is 1. The minimum Gasteiger partial charge on any atom is -0.313 e. The Morgan fingerprint density at radius 2 is 2.10 bits per heavy atom. The number of rotatable bonds is 9. The Kier molecular flexibility index (Phi) is 5.56. The fourth-order valence-electron chi connectivity index (χ4n) is 2.37. The van der Waals surface area contributed by atoms with Crippen LogP contribution in [0.1, 0.15) is 30.9 Å². The van der Waals surface area contributed by atoms with Gasteiger partial charge in [-0.2, -0.15) is 4.31 Å². The summed E-state index contributed by atoms with van der Waals surface area (Å²) in [4.78, 5) is 0. The molecule has 0 unspecified atom stereocenters. The number of nitrogens with one attached hydrogen (secondary N) is 1. The van der Waals surface area contributed by atoms with E-state index in [9.17, 15) is 8.42 Å². The van der Waals surface area contributed by atoms with Gasteiger partial charge in [-0.1, -0.05) is 37.3 Å². The molecular weight excluding hydrogens is 284 g/mol. The predicted molar refractivity (Wildman–Crippen MR) is 86.4 cm³/mol. The largest absolute Gasteiger partial charge is 0.313 e. The van der Waals surface area contributed by atoms with Crippen LogP contribution in [0.15, 0.2) is 36.9 Å². The number of nitrogens with zero attached hydrogens (tertiary/aromatic N) is 1. The molecule has 5 heteroatoms. The fraction of sp³-hybridized carbons (Fsp3) is 0.500. The van der Waals surface area contributed by atoms with E-state index in [1.807, 2.05) is 24.3 Å². The number of hydrogen-bond donors (Lipinski definition) is 1. The minimum absolute atomic E-state index is 0.0668. The van der Waals surface area contributed by atoms with Crippen LogP contribution in [-0.4, -0.2) is 31.9 Å². The Labute approximate surface area is 127 Å². The Morgan fingerprint density at radius 1 is 1.38 bits per heavy atom. The lowest BCUT2D eigenvalue weighted by molar-refractivity contribution is 0.435. The quantitative estimate of drug-likeness (QED) is 0.712. The lowest BCUT2D eigenvalue weighted by Crippen LogP contribution is -2.34. The van der Waals surface area contributed by atoms with Gasteiger partial charge in [-0.15, -0.1) is 6.58 Å². The van der Waals surface area contributed by atoms with Crippen molar-refractivity contribution in [2.75, 3.05) is 13.1 Å². The highest BCUT2D eigenvalue weighted by Crippen LogP contribution is 2.30. The van der Waals surface area contributed by atoms with Gasteiger partial charge >= 0.3 is 0 Å². The predicted octanol–water partition coefficient (Wildman–Crippen LogP) is 2.28. The summed E-state index contributed by atoms with van der Waals surface area (Å²) in [7, 11) is -3.27. The van der Waals surface area contributed by atoms with Crippen LogP contribution < -0.4 is 5.32 Å². The van der Waals surface area contributed by atoms with Gasteiger partial charge in [0.25, 0.3) is 0 Å². The first-order valence-corrected chi connectivity index (χ1v) is 9.06. The van der Waals surface area contributed by atoms with Crippen LogP contribution in [0.2, 0.25) is 0 Å². The highest BCUT2D eigenvalue weighted by atomic mass is 32.2. The third-order valence-corrected chi connectivity index (χ3v) is 5.40. The Morgan fingerprint density at radius 3 is 2.71 bits per heavy atom. The van der Waals surface area contributed by atoms with Gasteiger partial charge in [-0.3, -0.25) is 0 Å². The molecule has 0 radical (unpaired) electrons. The topological polar surface area (TPSA) is 49.4 Å². The fourth-order valence-corrected chi connectivity index (χ4v) is 4.14. The van der Waals surface area contributed by atoms with Crippen molar-refractivity contribution in [1.29, 1.82) is 0 Å². The zero-order chi connectivity index (χ0) is 15.3. The summed E-state index contributed by atoms with van der Waals surface area (Å²) < 4.78 is 26.7. The Balaban J connectivity index is 2.09. The van der Waals surface area contributed by atoms with Crippen molar-refractivity contribution in [2.24, 2.45) is 0 Å².